The summed E-state index contributed by atoms with van der Waals surface area (Å²) in [5.41, 5.74) is 0. The van der Waals surface area contributed by atoms with Crippen molar-refractivity contribution < 1.29 is 33.7 Å². The number of unbranched alkanes of at least 4 members (excludes halogenated alkanes) is 25. The van der Waals surface area contributed by atoms with Crippen molar-refractivity contribution in [3.63, 3.8) is 0 Å². The molecule has 0 aromatic carbocycles. The number of esters is 3. The van der Waals surface area contributed by atoms with E-state index in [-0.39, 0.29) is 30.6 Å². The summed E-state index contributed by atoms with van der Waals surface area (Å²) in [5, 5.41) is 9.09. The van der Waals surface area contributed by atoms with Gasteiger partial charge in [-0.1, -0.05) is 168 Å². The second kappa shape index (κ2) is 47.8. The van der Waals surface area contributed by atoms with Gasteiger partial charge >= 0.3 is 17.9 Å². The Morgan fingerprint density at radius 2 is 0.803 bits per heavy atom. The van der Waals surface area contributed by atoms with E-state index in [1.54, 1.807) is 0 Å². The molecule has 0 unspecified atom stereocenters. The maximum atomic E-state index is 12.9. The van der Waals surface area contributed by atoms with E-state index in [0.29, 0.717) is 39.0 Å². The topological polar surface area (TPSA) is 106 Å². The number of ether oxygens (including phenoxy) is 3. The molecule has 0 aromatic rings. The first-order chi connectivity index (χ1) is 29.9. The summed E-state index contributed by atoms with van der Waals surface area (Å²) in [4.78, 5) is 41.9. The van der Waals surface area contributed by atoms with Crippen LogP contribution in [-0.4, -0.2) is 98.5 Å². The highest BCUT2D eigenvalue weighted by molar-refractivity contribution is 5.70. The molecule has 0 spiro atoms. The van der Waals surface area contributed by atoms with Gasteiger partial charge in [-0.2, -0.15) is 0 Å². The zero-order chi connectivity index (χ0) is 44.7. The lowest BCUT2D eigenvalue weighted by Crippen LogP contribution is -2.30. The molecule has 1 N–H and O–H groups in total. The van der Waals surface area contributed by atoms with Crippen molar-refractivity contribution in [1.29, 1.82) is 0 Å². The number of aliphatic hydroxyl groups is 1. The van der Waals surface area contributed by atoms with Gasteiger partial charge in [-0.15, -0.1) is 0 Å². The Morgan fingerprint density at radius 1 is 0.410 bits per heavy atom. The standard InChI is InChI=1S/C52H102N2O7/c1-5-8-11-14-17-18-27-34-47-59-50(56)38-30-23-19-25-32-42-54(45-48-60-51(57)40-35-41-53(4)44-46-55)43-33-26-20-24-31-39-52(58)61-49(36-28-21-15-12-9-6-2)37-29-22-16-13-10-7-3/h49,55H,5-48H2,1-4H3. The predicted molar refractivity (Wildman–Crippen MR) is 256 cm³/mol. The fourth-order valence-corrected chi connectivity index (χ4v) is 8.05. The lowest BCUT2D eigenvalue weighted by atomic mass is 10.0. The summed E-state index contributed by atoms with van der Waals surface area (Å²) in [6.45, 7) is 11.9. The third-order valence-electron chi connectivity index (χ3n) is 12.1. The van der Waals surface area contributed by atoms with Gasteiger partial charge in [0, 0.05) is 32.4 Å². The molecule has 0 saturated heterocycles. The van der Waals surface area contributed by atoms with Crippen LogP contribution in [0.5, 0.6) is 0 Å². The minimum absolute atomic E-state index is 0.00566. The molecule has 0 aromatic heterocycles. The van der Waals surface area contributed by atoms with Crippen LogP contribution < -0.4 is 0 Å². The Labute approximate surface area is 377 Å². The van der Waals surface area contributed by atoms with Crippen molar-refractivity contribution in [2.24, 2.45) is 0 Å². The van der Waals surface area contributed by atoms with Crippen LogP contribution in [0.3, 0.4) is 0 Å². The zero-order valence-corrected chi connectivity index (χ0v) is 41.0. The van der Waals surface area contributed by atoms with Crippen LogP contribution >= 0.6 is 0 Å². The predicted octanol–water partition coefficient (Wildman–Crippen LogP) is 13.3. The molecule has 0 fully saturated rings. The van der Waals surface area contributed by atoms with E-state index in [4.69, 9.17) is 19.3 Å². The van der Waals surface area contributed by atoms with E-state index in [1.165, 1.54) is 116 Å². The Bertz CT molecular complexity index is 935. The van der Waals surface area contributed by atoms with Crippen molar-refractivity contribution in [3.8, 4) is 0 Å². The minimum Gasteiger partial charge on any atom is -0.466 e. The quantitative estimate of drug-likeness (QED) is 0.0363. The normalized spacial score (nSPS) is 11.6. The Balaban J connectivity index is 4.50. The van der Waals surface area contributed by atoms with E-state index >= 15 is 0 Å². The van der Waals surface area contributed by atoms with Gasteiger partial charge in [0.2, 0.25) is 0 Å². The highest BCUT2D eigenvalue weighted by atomic mass is 16.5. The summed E-state index contributed by atoms with van der Waals surface area (Å²) < 4.78 is 17.1. The van der Waals surface area contributed by atoms with E-state index in [0.717, 1.165) is 122 Å². The van der Waals surface area contributed by atoms with Gasteiger partial charge in [0.05, 0.1) is 13.2 Å². The molecule has 0 radical (unpaired) electrons. The van der Waals surface area contributed by atoms with Gasteiger partial charge in [-0.25, -0.2) is 0 Å². The third kappa shape index (κ3) is 44.7. The first-order valence-corrected chi connectivity index (χ1v) is 26.4. The fraction of sp³-hybridized carbons (Fsp3) is 0.942. The number of hydrogen-bond acceptors (Lipinski definition) is 9. The molecule has 0 rings (SSSR count). The molecule has 0 aliphatic rings. The highest BCUT2D eigenvalue weighted by Gasteiger charge is 2.15. The molecule has 9 nitrogen and oxygen atoms in total. The van der Waals surface area contributed by atoms with Crippen molar-refractivity contribution in [3.05, 3.63) is 0 Å². The SMILES string of the molecule is CCCCCCCCCCOC(=O)CCCCCCCN(CCCCCCCC(=O)OC(CCCCCCCC)CCCCCCCC)CCOC(=O)CCCN(C)CCO. The monoisotopic (exact) mass is 867 g/mol. The van der Waals surface area contributed by atoms with Gasteiger partial charge in [-0.05, 0) is 90.9 Å². The molecule has 0 atom stereocenters. The van der Waals surface area contributed by atoms with Crippen molar-refractivity contribution in [2.45, 2.75) is 258 Å². The van der Waals surface area contributed by atoms with Crippen LogP contribution in [0.25, 0.3) is 0 Å². The number of carbonyl (C=O) groups is 3. The smallest absolute Gasteiger partial charge is 0.306 e. The summed E-state index contributed by atoms with van der Waals surface area (Å²) in [7, 11) is 1.95. The molecule has 9 heteroatoms. The summed E-state index contributed by atoms with van der Waals surface area (Å²) in [5.74, 6) is -0.204. The largest absolute Gasteiger partial charge is 0.466 e. The van der Waals surface area contributed by atoms with Crippen molar-refractivity contribution in [2.75, 3.05) is 59.6 Å². The molecule has 0 aliphatic heterocycles. The summed E-state index contributed by atoms with van der Waals surface area (Å²) in [6, 6.07) is 0. The van der Waals surface area contributed by atoms with Gasteiger partial charge in [-0.3, -0.25) is 19.3 Å². The Morgan fingerprint density at radius 3 is 1.30 bits per heavy atom. The maximum Gasteiger partial charge on any atom is 0.306 e. The van der Waals surface area contributed by atoms with Crippen LogP contribution in [0.15, 0.2) is 0 Å². The lowest BCUT2D eigenvalue weighted by Gasteiger charge is -2.22. The zero-order valence-electron chi connectivity index (χ0n) is 41.0. The minimum atomic E-state index is -0.150. The van der Waals surface area contributed by atoms with Crippen LogP contribution in [0.1, 0.15) is 252 Å². The summed E-state index contributed by atoms with van der Waals surface area (Å²) in [6.07, 6.45) is 40.0. The first kappa shape index (κ1) is 59.3. The lowest BCUT2D eigenvalue weighted by molar-refractivity contribution is -0.150. The molecular weight excluding hydrogens is 765 g/mol. The number of likely N-dealkylation sites (N-methyl/N-ethyl adjacent to an activating group) is 1. The second-order valence-corrected chi connectivity index (χ2v) is 18.1. The van der Waals surface area contributed by atoms with E-state index in [2.05, 4.69) is 25.7 Å². The average Bonchev–Trinajstić information content (AvgIpc) is 3.24. The van der Waals surface area contributed by atoms with Crippen molar-refractivity contribution >= 4 is 17.9 Å². The average molecular weight is 867 g/mol. The number of rotatable bonds is 49. The Kier molecular flexibility index (Phi) is 46.4. The maximum absolute atomic E-state index is 12.9. The van der Waals surface area contributed by atoms with E-state index in [9.17, 15) is 14.4 Å². The molecule has 362 valence electrons. The number of nitrogens with zero attached hydrogens (tertiary/aromatic N) is 2. The summed E-state index contributed by atoms with van der Waals surface area (Å²) >= 11 is 0. The molecule has 0 aliphatic carbocycles. The number of aliphatic hydroxyl groups excluding tert-OH is 1. The van der Waals surface area contributed by atoms with Gasteiger partial charge in [0.25, 0.3) is 0 Å². The molecule has 0 heterocycles. The van der Waals surface area contributed by atoms with Gasteiger partial charge < -0.3 is 24.2 Å². The molecule has 0 amide bonds. The molecule has 0 saturated carbocycles. The van der Waals surface area contributed by atoms with Crippen LogP contribution in [-0.2, 0) is 28.6 Å². The molecule has 0 bridgehead atoms. The number of hydrogen-bond donors (Lipinski definition) is 1. The Hall–Kier alpha value is -1.71. The first-order valence-electron chi connectivity index (χ1n) is 26.4. The highest BCUT2D eigenvalue weighted by Crippen LogP contribution is 2.19. The fourth-order valence-electron chi connectivity index (χ4n) is 8.05. The van der Waals surface area contributed by atoms with Gasteiger partial charge in [0.15, 0.2) is 0 Å². The second-order valence-electron chi connectivity index (χ2n) is 18.1. The number of carbonyl (C=O) groups excluding carboxylic acids is 3. The van der Waals surface area contributed by atoms with Crippen LogP contribution in [0.2, 0.25) is 0 Å². The van der Waals surface area contributed by atoms with E-state index in [1.807, 2.05) is 11.9 Å². The van der Waals surface area contributed by atoms with E-state index < -0.39 is 0 Å². The van der Waals surface area contributed by atoms with Crippen molar-refractivity contribution in [1.82, 2.24) is 9.80 Å². The molecule has 61 heavy (non-hydrogen) atoms. The van der Waals surface area contributed by atoms with Crippen LogP contribution in [0, 0.1) is 0 Å². The third-order valence-corrected chi connectivity index (χ3v) is 12.1. The van der Waals surface area contributed by atoms with Gasteiger partial charge in [0.1, 0.15) is 12.7 Å². The molecular formula is C52H102N2O7. The van der Waals surface area contributed by atoms with Crippen LogP contribution in [0.4, 0.5) is 0 Å².